The van der Waals surface area contributed by atoms with Crippen molar-refractivity contribution in [2.75, 3.05) is 16.6 Å². The van der Waals surface area contributed by atoms with Gasteiger partial charge in [-0.15, -0.1) is 0 Å². The second-order valence-electron chi connectivity index (χ2n) is 7.10. The zero-order chi connectivity index (χ0) is 21.7. The summed E-state index contributed by atoms with van der Waals surface area (Å²) < 4.78 is 33.4. The molecule has 0 aromatic heterocycles. The lowest BCUT2D eigenvalue weighted by Gasteiger charge is -2.12. The van der Waals surface area contributed by atoms with Crippen molar-refractivity contribution in [2.45, 2.75) is 25.7 Å². The fourth-order valence-electron chi connectivity index (χ4n) is 2.82. The number of anilines is 2. The molecule has 3 aromatic carbocycles. The van der Waals surface area contributed by atoms with Crippen LogP contribution in [0.3, 0.4) is 0 Å². The Morgan fingerprint density at radius 1 is 0.900 bits per heavy atom. The van der Waals surface area contributed by atoms with E-state index in [1.165, 1.54) is 12.1 Å². The molecule has 0 aliphatic heterocycles. The minimum atomic E-state index is -3.74. The molecule has 0 saturated carbocycles. The Labute approximate surface area is 177 Å². The van der Waals surface area contributed by atoms with Crippen molar-refractivity contribution < 1.29 is 17.9 Å². The molecule has 0 aliphatic carbocycles. The van der Waals surface area contributed by atoms with Crippen molar-refractivity contribution in [1.82, 2.24) is 0 Å². The average molecular weight is 425 g/mol. The van der Waals surface area contributed by atoms with Crippen LogP contribution in [-0.2, 0) is 14.8 Å². The van der Waals surface area contributed by atoms with Crippen molar-refractivity contribution in [3.8, 4) is 5.75 Å². The van der Waals surface area contributed by atoms with Gasteiger partial charge in [0.25, 0.3) is 15.9 Å². The Morgan fingerprint density at radius 2 is 1.60 bits per heavy atom. The number of hydrogen-bond acceptors (Lipinski definition) is 4. The van der Waals surface area contributed by atoms with E-state index < -0.39 is 10.0 Å². The monoisotopic (exact) mass is 424 g/mol. The van der Waals surface area contributed by atoms with E-state index in [0.29, 0.717) is 17.1 Å². The number of amides is 1. The van der Waals surface area contributed by atoms with E-state index in [0.717, 1.165) is 16.7 Å². The first-order chi connectivity index (χ1) is 14.2. The fourth-order valence-corrected chi connectivity index (χ4v) is 3.94. The molecule has 30 heavy (non-hydrogen) atoms. The van der Waals surface area contributed by atoms with Gasteiger partial charge in [-0.3, -0.25) is 9.52 Å². The normalized spacial score (nSPS) is 11.0. The Balaban J connectivity index is 1.62. The quantitative estimate of drug-likeness (QED) is 0.588. The van der Waals surface area contributed by atoms with Crippen LogP contribution < -0.4 is 14.8 Å². The highest BCUT2D eigenvalue weighted by Crippen LogP contribution is 2.22. The van der Waals surface area contributed by atoms with Gasteiger partial charge in [0.1, 0.15) is 5.75 Å². The van der Waals surface area contributed by atoms with Crippen molar-refractivity contribution in [2.24, 2.45) is 0 Å². The molecule has 3 rings (SSSR count). The molecule has 0 fully saturated rings. The van der Waals surface area contributed by atoms with Gasteiger partial charge in [-0.05, 0) is 79.9 Å². The molecular weight excluding hydrogens is 400 g/mol. The molecule has 3 aromatic rings. The number of carbonyl (C=O) groups excluding carboxylic acids is 1. The Kier molecular flexibility index (Phi) is 6.42. The summed E-state index contributed by atoms with van der Waals surface area (Å²) in [6.45, 7) is 5.54. The van der Waals surface area contributed by atoms with Gasteiger partial charge in [-0.2, -0.15) is 0 Å². The van der Waals surface area contributed by atoms with Crippen LogP contribution in [0.2, 0.25) is 0 Å². The van der Waals surface area contributed by atoms with E-state index in [-0.39, 0.29) is 17.4 Å². The highest BCUT2D eigenvalue weighted by molar-refractivity contribution is 7.92. The van der Waals surface area contributed by atoms with Gasteiger partial charge < -0.3 is 10.1 Å². The van der Waals surface area contributed by atoms with Gasteiger partial charge in [-0.25, -0.2) is 8.42 Å². The van der Waals surface area contributed by atoms with E-state index in [9.17, 15) is 13.2 Å². The molecule has 0 bridgehead atoms. The van der Waals surface area contributed by atoms with E-state index in [4.69, 9.17) is 4.74 Å². The lowest BCUT2D eigenvalue weighted by Crippen LogP contribution is -2.20. The molecule has 156 valence electrons. The summed E-state index contributed by atoms with van der Waals surface area (Å²) in [6, 6.07) is 19.0. The molecule has 0 aliphatic rings. The molecule has 0 spiro atoms. The first kappa shape index (κ1) is 21.4. The van der Waals surface area contributed by atoms with E-state index in [1.54, 1.807) is 24.3 Å². The summed E-state index contributed by atoms with van der Waals surface area (Å²) in [6.07, 6.45) is 0. The topological polar surface area (TPSA) is 84.5 Å². The van der Waals surface area contributed by atoms with Gasteiger partial charge >= 0.3 is 0 Å². The smallest absolute Gasteiger partial charge is 0.262 e. The highest BCUT2D eigenvalue weighted by atomic mass is 32.2. The van der Waals surface area contributed by atoms with Gasteiger partial charge in [0.05, 0.1) is 10.6 Å². The molecular formula is C23H24N2O4S. The number of ether oxygens (including phenoxy) is 1. The second-order valence-corrected chi connectivity index (χ2v) is 8.78. The second kappa shape index (κ2) is 9.00. The number of carbonyl (C=O) groups is 1. The van der Waals surface area contributed by atoms with Gasteiger partial charge in [-0.1, -0.05) is 24.3 Å². The van der Waals surface area contributed by atoms with Crippen molar-refractivity contribution in [1.29, 1.82) is 0 Å². The third-order valence-corrected chi connectivity index (χ3v) is 5.83. The molecule has 6 nitrogen and oxygen atoms in total. The van der Waals surface area contributed by atoms with Crippen molar-refractivity contribution >= 4 is 27.3 Å². The fraction of sp³-hybridized carbons (Fsp3) is 0.174. The summed E-state index contributed by atoms with van der Waals surface area (Å²) in [5.41, 5.74) is 3.87. The highest BCUT2D eigenvalue weighted by Gasteiger charge is 2.15. The lowest BCUT2D eigenvalue weighted by molar-refractivity contribution is -0.118. The SMILES string of the molecule is Cc1cccc(OCC(=O)Nc2ccc(S(=O)(=O)Nc3cc(C)ccc3C)cc2)c1. The molecule has 0 unspecified atom stereocenters. The number of sulfonamides is 1. The minimum absolute atomic E-state index is 0.109. The first-order valence-electron chi connectivity index (χ1n) is 9.42. The van der Waals surface area contributed by atoms with Crippen LogP contribution in [0.15, 0.2) is 71.6 Å². The summed E-state index contributed by atoms with van der Waals surface area (Å²) >= 11 is 0. The number of hydrogen-bond donors (Lipinski definition) is 2. The third-order valence-electron chi connectivity index (χ3n) is 4.45. The van der Waals surface area contributed by atoms with Crippen LogP contribution in [-0.4, -0.2) is 20.9 Å². The van der Waals surface area contributed by atoms with Crippen LogP contribution in [0.4, 0.5) is 11.4 Å². The number of nitrogens with one attached hydrogen (secondary N) is 2. The Morgan fingerprint density at radius 3 is 2.30 bits per heavy atom. The van der Waals surface area contributed by atoms with Crippen LogP contribution in [0, 0.1) is 20.8 Å². The molecule has 0 saturated heterocycles. The number of aryl methyl sites for hydroxylation is 3. The van der Waals surface area contributed by atoms with Crippen LogP contribution in [0.25, 0.3) is 0 Å². The molecule has 0 heterocycles. The number of rotatable bonds is 7. The van der Waals surface area contributed by atoms with Crippen molar-refractivity contribution in [3.63, 3.8) is 0 Å². The molecule has 0 radical (unpaired) electrons. The van der Waals surface area contributed by atoms with E-state index in [1.807, 2.05) is 51.1 Å². The molecule has 0 atom stereocenters. The number of benzene rings is 3. The Hall–Kier alpha value is -3.32. The summed E-state index contributed by atoms with van der Waals surface area (Å²) in [4.78, 5) is 12.2. The zero-order valence-electron chi connectivity index (χ0n) is 17.1. The van der Waals surface area contributed by atoms with Crippen LogP contribution in [0.5, 0.6) is 5.75 Å². The lowest BCUT2D eigenvalue weighted by atomic mass is 10.1. The van der Waals surface area contributed by atoms with Crippen LogP contribution in [0.1, 0.15) is 16.7 Å². The standard InChI is InChI=1S/C23H24N2O4S/c1-16-5-4-6-20(13-16)29-15-23(26)24-19-9-11-21(12-10-19)30(27,28)25-22-14-17(2)7-8-18(22)3/h4-14,25H,15H2,1-3H3,(H,24,26). The molecule has 1 amide bonds. The van der Waals surface area contributed by atoms with Crippen LogP contribution >= 0.6 is 0 Å². The van der Waals surface area contributed by atoms with Gasteiger partial charge in [0.2, 0.25) is 0 Å². The van der Waals surface area contributed by atoms with E-state index >= 15 is 0 Å². The molecule has 7 heteroatoms. The summed E-state index contributed by atoms with van der Waals surface area (Å²) in [7, 11) is -3.74. The van der Waals surface area contributed by atoms with Gasteiger partial charge in [0.15, 0.2) is 6.61 Å². The Bertz CT molecular complexity index is 1160. The first-order valence-corrected chi connectivity index (χ1v) is 10.9. The van der Waals surface area contributed by atoms with Gasteiger partial charge in [0, 0.05) is 5.69 Å². The maximum absolute atomic E-state index is 12.7. The third kappa shape index (κ3) is 5.61. The predicted octanol–water partition coefficient (Wildman–Crippen LogP) is 4.43. The summed E-state index contributed by atoms with van der Waals surface area (Å²) in [5.74, 6) is 0.282. The predicted molar refractivity (Wildman–Crippen MR) is 118 cm³/mol. The maximum atomic E-state index is 12.7. The largest absolute Gasteiger partial charge is 0.484 e. The zero-order valence-corrected chi connectivity index (χ0v) is 17.9. The minimum Gasteiger partial charge on any atom is -0.484 e. The maximum Gasteiger partial charge on any atom is 0.262 e. The summed E-state index contributed by atoms with van der Waals surface area (Å²) in [5, 5.41) is 2.69. The van der Waals surface area contributed by atoms with E-state index in [2.05, 4.69) is 10.0 Å². The average Bonchev–Trinajstić information content (AvgIpc) is 2.69. The van der Waals surface area contributed by atoms with Crippen molar-refractivity contribution in [3.05, 3.63) is 83.4 Å². The molecule has 2 N–H and O–H groups in total.